The summed E-state index contributed by atoms with van der Waals surface area (Å²) < 4.78 is 2.66. The van der Waals surface area contributed by atoms with Crippen molar-refractivity contribution in [3.63, 3.8) is 0 Å². The van der Waals surface area contributed by atoms with E-state index in [-0.39, 0.29) is 11.5 Å². The number of rotatable bonds is 0. The zero-order chi connectivity index (χ0) is 9.59. The zero-order valence-corrected chi connectivity index (χ0v) is 8.99. The first-order valence-electron chi connectivity index (χ1n) is 3.60. The summed E-state index contributed by atoms with van der Waals surface area (Å²) in [6.07, 6.45) is 1.84. The highest BCUT2D eigenvalue weighted by molar-refractivity contribution is 14.1. The molecule has 13 heavy (non-hydrogen) atoms. The Morgan fingerprint density at radius 1 is 1.69 bits per heavy atom. The average Bonchev–Trinajstić information content (AvgIpc) is 2.27. The van der Waals surface area contributed by atoms with E-state index in [1.165, 1.54) is 0 Å². The van der Waals surface area contributed by atoms with Gasteiger partial charge >= 0.3 is 0 Å². The molecule has 5 nitrogen and oxygen atoms in total. The van der Waals surface area contributed by atoms with Gasteiger partial charge in [-0.25, -0.2) is 0 Å². The molecular formula is C7H7IN4O. The highest BCUT2D eigenvalue weighted by Gasteiger charge is 2.09. The Morgan fingerprint density at radius 3 is 3.08 bits per heavy atom. The number of nitrogens with two attached hydrogens (primary N) is 1. The van der Waals surface area contributed by atoms with Crippen molar-refractivity contribution in [2.75, 3.05) is 5.73 Å². The van der Waals surface area contributed by atoms with Gasteiger partial charge in [-0.3, -0.25) is 9.78 Å². The predicted octanol–water partition coefficient (Wildman–Crippen LogP) is 0.448. The van der Waals surface area contributed by atoms with E-state index in [0.717, 1.165) is 3.57 Å². The standard InChI is InChI=1S/C7H7IN4O/c1-12-2-3(8)4-5(12)10-7(9)11-6(4)13/h2H,1H3,(H3,9,10,11,13). The van der Waals surface area contributed by atoms with E-state index in [4.69, 9.17) is 5.73 Å². The Morgan fingerprint density at radius 2 is 2.38 bits per heavy atom. The summed E-state index contributed by atoms with van der Waals surface area (Å²) in [6.45, 7) is 0. The van der Waals surface area contributed by atoms with Gasteiger partial charge in [0.1, 0.15) is 5.65 Å². The number of anilines is 1. The smallest absolute Gasteiger partial charge is 0.262 e. The minimum atomic E-state index is -0.187. The molecule has 2 rings (SSSR count). The zero-order valence-electron chi connectivity index (χ0n) is 6.84. The molecule has 0 aliphatic rings. The molecule has 0 saturated heterocycles. The fourth-order valence-corrected chi connectivity index (χ4v) is 2.15. The summed E-state index contributed by atoms with van der Waals surface area (Å²) in [5, 5.41) is 0.595. The van der Waals surface area contributed by atoms with E-state index >= 15 is 0 Å². The molecule has 0 fully saturated rings. The van der Waals surface area contributed by atoms with Gasteiger partial charge in [0.25, 0.3) is 5.56 Å². The normalized spacial score (nSPS) is 10.9. The monoisotopic (exact) mass is 290 g/mol. The number of nitrogens with zero attached hydrogens (tertiary/aromatic N) is 2. The topological polar surface area (TPSA) is 76.7 Å². The van der Waals surface area contributed by atoms with E-state index in [1.54, 1.807) is 4.57 Å². The maximum Gasteiger partial charge on any atom is 0.262 e. The van der Waals surface area contributed by atoms with E-state index in [9.17, 15) is 4.79 Å². The van der Waals surface area contributed by atoms with Gasteiger partial charge in [0.2, 0.25) is 5.95 Å². The van der Waals surface area contributed by atoms with Crippen LogP contribution in [-0.2, 0) is 7.05 Å². The van der Waals surface area contributed by atoms with Crippen LogP contribution in [0.1, 0.15) is 0 Å². The van der Waals surface area contributed by atoms with Crippen LogP contribution in [0.15, 0.2) is 11.0 Å². The van der Waals surface area contributed by atoms with Crippen LogP contribution < -0.4 is 11.3 Å². The molecule has 0 unspecified atom stereocenters. The molecule has 0 aliphatic carbocycles. The van der Waals surface area contributed by atoms with Gasteiger partial charge in [0, 0.05) is 16.8 Å². The third-order valence-electron chi connectivity index (χ3n) is 1.80. The van der Waals surface area contributed by atoms with E-state index < -0.39 is 0 Å². The Kier molecular flexibility index (Phi) is 1.79. The molecular weight excluding hydrogens is 283 g/mol. The Bertz CT molecular complexity index is 527. The number of H-pyrrole nitrogens is 1. The number of nitrogen functional groups attached to an aromatic ring is 1. The first-order valence-corrected chi connectivity index (χ1v) is 4.68. The van der Waals surface area contributed by atoms with Crippen molar-refractivity contribution < 1.29 is 0 Å². The lowest BCUT2D eigenvalue weighted by Crippen LogP contribution is -2.11. The maximum absolute atomic E-state index is 11.4. The molecule has 0 aromatic carbocycles. The van der Waals surface area contributed by atoms with Crippen LogP contribution >= 0.6 is 22.6 Å². The van der Waals surface area contributed by atoms with Crippen molar-refractivity contribution >= 4 is 39.6 Å². The summed E-state index contributed by atoms with van der Waals surface area (Å²) in [5.41, 5.74) is 5.85. The SMILES string of the molecule is Cn1cc(I)c2c(=O)[nH]c(N)nc21. The van der Waals surface area contributed by atoms with E-state index in [0.29, 0.717) is 11.0 Å². The Hall–Kier alpha value is -1.05. The molecule has 6 heteroatoms. The number of halogens is 1. The number of aryl methyl sites for hydroxylation is 1. The molecule has 0 bridgehead atoms. The molecule has 2 aromatic heterocycles. The molecule has 2 heterocycles. The fourth-order valence-electron chi connectivity index (χ4n) is 1.24. The van der Waals surface area contributed by atoms with Crippen LogP contribution in [-0.4, -0.2) is 14.5 Å². The van der Waals surface area contributed by atoms with Crippen molar-refractivity contribution in [1.82, 2.24) is 14.5 Å². The largest absolute Gasteiger partial charge is 0.369 e. The average molecular weight is 290 g/mol. The third kappa shape index (κ3) is 1.21. The molecule has 0 spiro atoms. The first-order chi connectivity index (χ1) is 6.09. The van der Waals surface area contributed by atoms with Crippen molar-refractivity contribution in [2.45, 2.75) is 0 Å². The number of nitrogens with one attached hydrogen (secondary N) is 1. The molecule has 0 saturated carbocycles. The number of hydrogen-bond acceptors (Lipinski definition) is 3. The lowest BCUT2D eigenvalue weighted by molar-refractivity contribution is 0.942. The quantitative estimate of drug-likeness (QED) is 0.692. The maximum atomic E-state index is 11.4. The third-order valence-corrected chi connectivity index (χ3v) is 2.62. The van der Waals surface area contributed by atoms with Crippen LogP contribution in [0.4, 0.5) is 5.95 Å². The number of aromatic nitrogens is 3. The summed E-state index contributed by atoms with van der Waals surface area (Å²) in [6, 6.07) is 0. The van der Waals surface area contributed by atoms with Gasteiger partial charge in [-0.2, -0.15) is 4.98 Å². The van der Waals surface area contributed by atoms with Crippen LogP contribution in [0.2, 0.25) is 0 Å². The number of fused-ring (bicyclic) bond motifs is 1. The van der Waals surface area contributed by atoms with Crippen molar-refractivity contribution in [3.05, 3.63) is 20.1 Å². The molecule has 2 aromatic rings. The van der Waals surface area contributed by atoms with Crippen LogP contribution in [0.25, 0.3) is 11.0 Å². The van der Waals surface area contributed by atoms with Gasteiger partial charge in [-0.1, -0.05) is 0 Å². The van der Waals surface area contributed by atoms with Gasteiger partial charge in [0.15, 0.2) is 0 Å². The van der Waals surface area contributed by atoms with Crippen LogP contribution in [0.3, 0.4) is 0 Å². The second-order valence-electron chi connectivity index (χ2n) is 2.74. The van der Waals surface area contributed by atoms with Crippen molar-refractivity contribution in [3.8, 4) is 0 Å². The summed E-state index contributed by atoms with van der Waals surface area (Å²) in [7, 11) is 1.83. The van der Waals surface area contributed by atoms with Gasteiger partial charge < -0.3 is 10.3 Å². The number of aromatic amines is 1. The minimum absolute atomic E-state index is 0.148. The summed E-state index contributed by atoms with van der Waals surface area (Å²) in [4.78, 5) is 17.9. The van der Waals surface area contributed by atoms with Gasteiger partial charge in [-0.15, -0.1) is 0 Å². The Balaban J connectivity index is 3.06. The molecule has 0 radical (unpaired) electrons. The van der Waals surface area contributed by atoms with Gasteiger partial charge in [-0.05, 0) is 22.6 Å². The second-order valence-corrected chi connectivity index (χ2v) is 3.90. The molecule has 0 aliphatic heterocycles. The fraction of sp³-hybridized carbons (Fsp3) is 0.143. The van der Waals surface area contributed by atoms with E-state index in [1.807, 2.05) is 13.2 Å². The first kappa shape index (κ1) is 8.54. The van der Waals surface area contributed by atoms with Crippen LogP contribution in [0, 0.1) is 3.57 Å². The summed E-state index contributed by atoms with van der Waals surface area (Å²) >= 11 is 2.09. The van der Waals surface area contributed by atoms with Crippen LogP contribution in [0.5, 0.6) is 0 Å². The van der Waals surface area contributed by atoms with E-state index in [2.05, 4.69) is 32.6 Å². The lowest BCUT2D eigenvalue weighted by atomic mass is 10.4. The summed E-state index contributed by atoms with van der Waals surface area (Å²) in [5.74, 6) is 0.148. The van der Waals surface area contributed by atoms with Crippen molar-refractivity contribution in [2.24, 2.45) is 7.05 Å². The van der Waals surface area contributed by atoms with Gasteiger partial charge in [0.05, 0.1) is 5.39 Å². The Labute approximate surface area is 87.1 Å². The predicted molar refractivity (Wildman–Crippen MR) is 58.5 cm³/mol. The molecule has 3 N–H and O–H groups in total. The molecule has 68 valence electrons. The lowest BCUT2D eigenvalue weighted by Gasteiger charge is -1.95. The number of hydrogen-bond donors (Lipinski definition) is 2. The highest BCUT2D eigenvalue weighted by Crippen LogP contribution is 2.16. The molecule has 0 atom stereocenters. The highest BCUT2D eigenvalue weighted by atomic mass is 127. The second kappa shape index (κ2) is 2.72. The minimum Gasteiger partial charge on any atom is -0.369 e. The molecule has 0 amide bonds. The van der Waals surface area contributed by atoms with Crippen molar-refractivity contribution in [1.29, 1.82) is 0 Å².